The van der Waals surface area contributed by atoms with Crippen LogP contribution in [0.25, 0.3) is 11.0 Å². The number of rotatable bonds is 2. The molecule has 0 saturated heterocycles. The lowest BCUT2D eigenvalue weighted by Gasteiger charge is -1.97. The van der Waals surface area contributed by atoms with E-state index in [0.29, 0.717) is 5.56 Å². The topological polar surface area (TPSA) is 50.4 Å². The van der Waals surface area contributed by atoms with Gasteiger partial charge in [0, 0.05) is 5.56 Å². The number of carboxylic acids is 1. The molecule has 0 radical (unpaired) electrons. The van der Waals surface area contributed by atoms with Gasteiger partial charge in [0.15, 0.2) is 11.4 Å². The molecule has 3 rings (SSSR count). The molecule has 1 aliphatic rings. The van der Waals surface area contributed by atoms with Gasteiger partial charge in [0.1, 0.15) is 5.82 Å². The minimum Gasteiger partial charge on any atom is -0.475 e. The molecular weight excluding hydrogens is 230 g/mol. The van der Waals surface area contributed by atoms with Crippen LogP contribution in [0, 0.1) is 11.6 Å². The van der Waals surface area contributed by atoms with Gasteiger partial charge in [-0.05, 0) is 30.9 Å². The van der Waals surface area contributed by atoms with Gasteiger partial charge >= 0.3 is 5.97 Å². The predicted octanol–water partition coefficient (Wildman–Crippen LogP) is 3.29. The highest BCUT2D eigenvalue weighted by Crippen LogP contribution is 2.47. The zero-order valence-electron chi connectivity index (χ0n) is 8.67. The van der Waals surface area contributed by atoms with E-state index in [2.05, 4.69) is 0 Å². The van der Waals surface area contributed by atoms with E-state index >= 15 is 0 Å². The van der Waals surface area contributed by atoms with E-state index in [1.807, 2.05) is 0 Å². The molecule has 1 saturated carbocycles. The quantitative estimate of drug-likeness (QED) is 0.873. The molecule has 0 aliphatic heterocycles. The lowest BCUT2D eigenvalue weighted by molar-refractivity contribution is 0.0663. The molecule has 1 N–H and O–H groups in total. The Labute approximate surface area is 94.6 Å². The van der Waals surface area contributed by atoms with Gasteiger partial charge < -0.3 is 9.52 Å². The second-order valence-corrected chi connectivity index (χ2v) is 4.16. The van der Waals surface area contributed by atoms with Crippen molar-refractivity contribution >= 4 is 16.9 Å². The maximum atomic E-state index is 13.7. The molecule has 2 aromatic rings. The van der Waals surface area contributed by atoms with Crippen LogP contribution in [0.15, 0.2) is 16.5 Å². The largest absolute Gasteiger partial charge is 0.475 e. The third-order valence-electron chi connectivity index (χ3n) is 2.96. The van der Waals surface area contributed by atoms with Crippen molar-refractivity contribution in [3.8, 4) is 0 Å². The van der Waals surface area contributed by atoms with Gasteiger partial charge in [0.05, 0.1) is 5.39 Å². The van der Waals surface area contributed by atoms with Gasteiger partial charge in [-0.2, -0.15) is 0 Å². The summed E-state index contributed by atoms with van der Waals surface area (Å²) in [5.41, 5.74) is -0.00574. The highest BCUT2D eigenvalue weighted by Gasteiger charge is 2.35. The van der Waals surface area contributed by atoms with Crippen LogP contribution in [0.3, 0.4) is 0 Å². The number of aromatic carboxylic acids is 1. The Kier molecular flexibility index (Phi) is 1.98. The minimum atomic E-state index is -1.29. The van der Waals surface area contributed by atoms with Crippen LogP contribution in [0.1, 0.15) is 34.9 Å². The number of fused-ring (bicyclic) bond motifs is 1. The van der Waals surface area contributed by atoms with Crippen LogP contribution in [0.4, 0.5) is 8.78 Å². The zero-order chi connectivity index (χ0) is 12.2. The van der Waals surface area contributed by atoms with E-state index in [-0.39, 0.29) is 22.6 Å². The summed E-state index contributed by atoms with van der Waals surface area (Å²) in [6.45, 7) is 0. The summed E-state index contributed by atoms with van der Waals surface area (Å²) in [5.74, 6) is -3.04. The Morgan fingerprint density at radius 1 is 1.29 bits per heavy atom. The average Bonchev–Trinajstić information content (AvgIpc) is 3.03. The number of carboxylic acid groups (broad SMARTS) is 1. The van der Waals surface area contributed by atoms with Gasteiger partial charge in [-0.1, -0.05) is 0 Å². The van der Waals surface area contributed by atoms with Crippen LogP contribution in [-0.4, -0.2) is 11.1 Å². The second-order valence-electron chi connectivity index (χ2n) is 4.16. The molecule has 0 amide bonds. The number of halogens is 2. The Bertz CT molecular complexity index is 626. The zero-order valence-corrected chi connectivity index (χ0v) is 8.67. The van der Waals surface area contributed by atoms with Crippen LogP contribution in [0.2, 0.25) is 0 Å². The number of furan rings is 1. The number of carbonyl (C=O) groups is 1. The van der Waals surface area contributed by atoms with Gasteiger partial charge in [-0.15, -0.1) is 0 Å². The molecule has 0 spiro atoms. The predicted molar refractivity (Wildman–Crippen MR) is 55.1 cm³/mol. The summed E-state index contributed by atoms with van der Waals surface area (Å²) in [7, 11) is 0. The third-order valence-corrected chi connectivity index (χ3v) is 2.96. The minimum absolute atomic E-state index is 0.0232. The Balaban J connectivity index is 2.42. The van der Waals surface area contributed by atoms with Crippen LogP contribution >= 0.6 is 0 Å². The number of benzene rings is 1. The molecule has 0 unspecified atom stereocenters. The molecule has 1 heterocycles. The van der Waals surface area contributed by atoms with Crippen LogP contribution in [0.5, 0.6) is 0 Å². The van der Waals surface area contributed by atoms with Crippen molar-refractivity contribution in [2.75, 3.05) is 0 Å². The second kappa shape index (κ2) is 3.29. The van der Waals surface area contributed by atoms with Crippen LogP contribution in [-0.2, 0) is 0 Å². The summed E-state index contributed by atoms with van der Waals surface area (Å²) < 4.78 is 32.1. The van der Waals surface area contributed by atoms with Crippen molar-refractivity contribution < 1.29 is 23.1 Å². The van der Waals surface area contributed by atoms with Crippen molar-refractivity contribution in [2.45, 2.75) is 18.8 Å². The number of hydrogen-bond acceptors (Lipinski definition) is 2. The lowest BCUT2D eigenvalue weighted by Crippen LogP contribution is -1.98. The maximum Gasteiger partial charge on any atom is 0.372 e. The van der Waals surface area contributed by atoms with E-state index in [1.54, 1.807) is 0 Å². The normalized spacial score (nSPS) is 15.4. The first-order chi connectivity index (χ1) is 8.09. The molecular formula is C12H8F2O3. The molecule has 5 heteroatoms. The van der Waals surface area contributed by atoms with Gasteiger partial charge in [0.25, 0.3) is 0 Å². The first-order valence-corrected chi connectivity index (χ1v) is 5.23. The monoisotopic (exact) mass is 238 g/mol. The molecule has 1 aromatic carbocycles. The summed E-state index contributed by atoms with van der Waals surface area (Å²) in [4.78, 5) is 11.0. The van der Waals surface area contributed by atoms with E-state index in [9.17, 15) is 13.6 Å². The highest BCUT2D eigenvalue weighted by molar-refractivity contribution is 5.96. The van der Waals surface area contributed by atoms with Crippen LogP contribution < -0.4 is 0 Å². The van der Waals surface area contributed by atoms with E-state index in [0.717, 1.165) is 25.0 Å². The van der Waals surface area contributed by atoms with Crippen molar-refractivity contribution in [1.82, 2.24) is 0 Å². The smallest absolute Gasteiger partial charge is 0.372 e. The molecule has 1 aromatic heterocycles. The summed E-state index contributed by atoms with van der Waals surface area (Å²) in [6, 6.07) is 1.92. The fourth-order valence-corrected chi connectivity index (χ4v) is 2.07. The standard InChI is InChI=1S/C12H8F2O3/c13-6-3-4-7(14)10-9(6)8(5-1-2-5)11(17-10)12(15)16/h3-5H,1-2H2,(H,15,16). The van der Waals surface area contributed by atoms with Gasteiger partial charge in [-0.3, -0.25) is 0 Å². The van der Waals surface area contributed by atoms with E-state index in [1.165, 1.54) is 0 Å². The highest BCUT2D eigenvalue weighted by atomic mass is 19.1. The van der Waals surface area contributed by atoms with Gasteiger partial charge in [-0.25, -0.2) is 13.6 Å². The molecule has 1 aliphatic carbocycles. The fraction of sp³-hybridized carbons (Fsp3) is 0.250. The molecule has 88 valence electrons. The lowest BCUT2D eigenvalue weighted by atomic mass is 10.1. The van der Waals surface area contributed by atoms with E-state index < -0.39 is 17.6 Å². The first kappa shape index (κ1) is 10.3. The molecule has 0 bridgehead atoms. The summed E-state index contributed by atoms with van der Waals surface area (Å²) in [5, 5.41) is 8.96. The maximum absolute atomic E-state index is 13.7. The first-order valence-electron chi connectivity index (χ1n) is 5.23. The Hall–Kier alpha value is -1.91. The summed E-state index contributed by atoms with van der Waals surface area (Å²) >= 11 is 0. The van der Waals surface area contributed by atoms with Crippen molar-refractivity contribution in [2.24, 2.45) is 0 Å². The Morgan fingerprint density at radius 2 is 1.94 bits per heavy atom. The fourth-order valence-electron chi connectivity index (χ4n) is 2.07. The average molecular weight is 238 g/mol. The Morgan fingerprint density at radius 3 is 2.53 bits per heavy atom. The molecule has 1 fully saturated rings. The molecule has 3 nitrogen and oxygen atoms in total. The molecule has 0 atom stereocenters. The SMILES string of the molecule is O=C(O)c1oc2c(F)ccc(F)c2c1C1CC1. The van der Waals surface area contributed by atoms with Crippen molar-refractivity contribution in [1.29, 1.82) is 0 Å². The molecule has 17 heavy (non-hydrogen) atoms. The van der Waals surface area contributed by atoms with Crippen molar-refractivity contribution in [3.63, 3.8) is 0 Å². The van der Waals surface area contributed by atoms with Gasteiger partial charge in [0.2, 0.25) is 5.76 Å². The number of hydrogen-bond donors (Lipinski definition) is 1. The van der Waals surface area contributed by atoms with Crippen molar-refractivity contribution in [3.05, 3.63) is 35.1 Å². The third kappa shape index (κ3) is 1.42. The van der Waals surface area contributed by atoms with E-state index in [4.69, 9.17) is 9.52 Å². The summed E-state index contributed by atoms with van der Waals surface area (Å²) in [6.07, 6.45) is 1.57.